The molecule has 0 aromatic rings. The van der Waals surface area contributed by atoms with Crippen molar-refractivity contribution in [3.05, 3.63) is 0 Å². The average molecular weight is 206 g/mol. The molecule has 0 bridgehead atoms. The second-order valence-corrected chi connectivity index (χ2v) is 7.60. The van der Waals surface area contributed by atoms with E-state index in [1.807, 2.05) is 13.8 Å². The summed E-state index contributed by atoms with van der Waals surface area (Å²) in [7, 11) is -2.95. The Labute approximate surface area is 82.6 Å². The van der Waals surface area contributed by atoms with Gasteiger partial charge in [-0.1, -0.05) is 19.8 Å². The van der Waals surface area contributed by atoms with E-state index in [-0.39, 0.29) is 5.25 Å². The number of unbranched alkanes of at least 4 members (excludes halogenated alkanes) is 1. The first-order valence-electron chi connectivity index (χ1n) is 4.99. The van der Waals surface area contributed by atoms with Crippen molar-refractivity contribution in [3.63, 3.8) is 0 Å². The highest BCUT2D eigenvalue weighted by molar-refractivity contribution is 7.93. The molecular weight excluding hydrogens is 184 g/mol. The monoisotopic (exact) mass is 206 g/mol. The fourth-order valence-electron chi connectivity index (χ4n) is 1.38. The van der Waals surface area contributed by atoms with E-state index in [9.17, 15) is 8.42 Å². The highest BCUT2D eigenvalue weighted by Crippen LogP contribution is 2.26. The molecule has 0 aromatic carbocycles. The number of hydrogen-bond acceptors (Lipinski definition) is 2. The van der Waals surface area contributed by atoms with Gasteiger partial charge in [0.25, 0.3) is 0 Å². The van der Waals surface area contributed by atoms with E-state index in [0.717, 1.165) is 19.3 Å². The van der Waals surface area contributed by atoms with E-state index < -0.39 is 14.6 Å². The zero-order valence-corrected chi connectivity index (χ0v) is 10.2. The van der Waals surface area contributed by atoms with Crippen LogP contribution in [0.5, 0.6) is 0 Å². The highest BCUT2D eigenvalue weighted by Gasteiger charge is 2.35. The number of rotatable bonds is 5. The summed E-state index contributed by atoms with van der Waals surface area (Å²) < 4.78 is 23.2. The van der Waals surface area contributed by atoms with Gasteiger partial charge in [-0.25, -0.2) is 8.42 Å². The molecule has 2 nitrogen and oxygen atoms in total. The fourth-order valence-corrected chi connectivity index (χ4v) is 3.09. The third kappa shape index (κ3) is 2.97. The third-order valence-corrected chi connectivity index (χ3v) is 5.51. The zero-order chi connectivity index (χ0) is 10.7. The second kappa shape index (κ2) is 4.45. The first kappa shape index (κ1) is 12.9. The molecule has 0 aliphatic heterocycles. The summed E-state index contributed by atoms with van der Waals surface area (Å²) in [4.78, 5) is 0. The predicted octanol–water partition coefficient (Wildman–Crippen LogP) is 2.78. The molecule has 0 amide bonds. The molecule has 3 heteroatoms. The lowest BCUT2D eigenvalue weighted by Crippen LogP contribution is -2.37. The van der Waals surface area contributed by atoms with Crippen LogP contribution in [0.3, 0.4) is 0 Å². The second-order valence-electron chi connectivity index (χ2n) is 4.46. The summed E-state index contributed by atoms with van der Waals surface area (Å²) in [5.74, 6) is 0. The maximum absolute atomic E-state index is 11.9. The van der Waals surface area contributed by atoms with Crippen molar-refractivity contribution >= 4 is 9.84 Å². The molecule has 0 rings (SSSR count). The molecule has 0 N–H and O–H groups in total. The molecule has 0 aliphatic carbocycles. The molecule has 0 radical (unpaired) electrons. The maximum atomic E-state index is 11.9. The van der Waals surface area contributed by atoms with Gasteiger partial charge in [0.2, 0.25) is 0 Å². The fraction of sp³-hybridized carbons (Fsp3) is 1.00. The maximum Gasteiger partial charge on any atom is 0.157 e. The largest absolute Gasteiger partial charge is 0.228 e. The third-order valence-electron chi connectivity index (χ3n) is 2.52. The predicted molar refractivity (Wildman–Crippen MR) is 57.7 cm³/mol. The molecular formula is C10H22O2S. The van der Waals surface area contributed by atoms with Gasteiger partial charge in [-0.2, -0.15) is 0 Å². The summed E-state index contributed by atoms with van der Waals surface area (Å²) in [5.41, 5.74) is 0. The molecule has 0 unspecified atom stereocenters. The van der Waals surface area contributed by atoms with Crippen molar-refractivity contribution in [2.24, 2.45) is 0 Å². The van der Waals surface area contributed by atoms with Crippen LogP contribution in [0.2, 0.25) is 0 Å². The molecule has 0 saturated carbocycles. The Morgan fingerprint density at radius 3 is 2.00 bits per heavy atom. The lowest BCUT2D eigenvalue weighted by Gasteiger charge is -2.26. The Kier molecular flexibility index (Phi) is 4.43. The molecule has 13 heavy (non-hydrogen) atoms. The summed E-state index contributed by atoms with van der Waals surface area (Å²) >= 11 is 0. The van der Waals surface area contributed by atoms with Gasteiger partial charge in [0.05, 0.1) is 10.00 Å². The van der Waals surface area contributed by atoms with Crippen molar-refractivity contribution in [1.82, 2.24) is 0 Å². The normalized spacial score (nSPS) is 13.7. The van der Waals surface area contributed by atoms with E-state index in [4.69, 9.17) is 0 Å². The molecule has 0 aromatic heterocycles. The van der Waals surface area contributed by atoms with Gasteiger partial charge in [0.15, 0.2) is 9.84 Å². The molecule has 0 aliphatic rings. The van der Waals surface area contributed by atoms with Crippen molar-refractivity contribution in [2.45, 2.75) is 63.9 Å². The zero-order valence-electron chi connectivity index (χ0n) is 9.42. The van der Waals surface area contributed by atoms with Gasteiger partial charge in [0.1, 0.15) is 0 Å². The van der Waals surface area contributed by atoms with Gasteiger partial charge in [0, 0.05) is 0 Å². The van der Waals surface area contributed by atoms with Crippen LogP contribution in [0.15, 0.2) is 0 Å². The van der Waals surface area contributed by atoms with E-state index in [1.165, 1.54) is 0 Å². The van der Waals surface area contributed by atoms with Gasteiger partial charge in [-0.3, -0.25) is 0 Å². The average Bonchev–Trinajstić information content (AvgIpc) is 2.00. The van der Waals surface area contributed by atoms with Crippen molar-refractivity contribution in [1.29, 1.82) is 0 Å². The standard InChI is InChI=1S/C10H22O2S/c1-6-7-8-10(4,5)13(11,12)9(2)3/h9H,6-8H2,1-5H3. The molecule has 0 atom stereocenters. The molecule has 0 fully saturated rings. The highest BCUT2D eigenvalue weighted by atomic mass is 32.2. The van der Waals surface area contributed by atoms with E-state index in [0.29, 0.717) is 0 Å². The first-order chi connectivity index (χ1) is 5.75. The van der Waals surface area contributed by atoms with Crippen molar-refractivity contribution < 1.29 is 8.42 Å². The minimum absolute atomic E-state index is 0.264. The van der Waals surface area contributed by atoms with E-state index in [1.54, 1.807) is 13.8 Å². The van der Waals surface area contributed by atoms with Gasteiger partial charge < -0.3 is 0 Å². The molecule has 0 spiro atoms. The van der Waals surface area contributed by atoms with Gasteiger partial charge in [-0.15, -0.1) is 0 Å². The summed E-state index contributed by atoms with van der Waals surface area (Å²) in [5, 5.41) is -0.264. The minimum Gasteiger partial charge on any atom is -0.228 e. The Morgan fingerprint density at radius 1 is 1.23 bits per heavy atom. The van der Waals surface area contributed by atoms with E-state index in [2.05, 4.69) is 6.92 Å². The molecule has 80 valence electrons. The lowest BCUT2D eigenvalue weighted by atomic mass is 10.1. The van der Waals surface area contributed by atoms with Crippen molar-refractivity contribution in [2.75, 3.05) is 0 Å². The minimum atomic E-state index is -2.95. The SMILES string of the molecule is CCCCC(C)(C)S(=O)(=O)C(C)C. The van der Waals surface area contributed by atoms with Crippen LogP contribution < -0.4 is 0 Å². The topological polar surface area (TPSA) is 34.1 Å². The molecule has 0 heterocycles. The van der Waals surface area contributed by atoms with Crippen LogP contribution in [-0.2, 0) is 9.84 Å². The van der Waals surface area contributed by atoms with Crippen LogP contribution in [-0.4, -0.2) is 18.4 Å². The number of hydrogen-bond donors (Lipinski definition) is 0. The van der Waals surface area contributed by atoms with Crippen LogP contribution in [0, 0.1) is 0 Å². The van der Waals surface area contributed by atoms with Gasteiger partial charge in [-0.05, 0) is 34.1 Å². The van der Waals surface area contributed by atoms with Gasteiger partial charge >= 0.3 is 0 Å². The molecule has 0 saturated heterocycles. The van der Waals surface area contributed by atoms with Crippen molar-refractivity contribution in [3.8, 4) is 0 Å². The Hall–Kier alpha value is -0.0500. The summed E-state index contributed by atoms with van der Waals surface area (Å²) in [6.07, 6.45) is 2.81. The number of sulfone groups is 1. The van der Waals surface area contributed by atoms with E-state index >= 15 is 0 Å². The summed E-state index contributed by atoms with van der Waals surface area (Å²) in [6.45, 7) is 9.25. The van der Waals surface area contributed by atoms with Crippen LogP contribution in [0.25, 0.3) is 0 Å². The van der Waals surface area contributed by atoms with Crippen LogP contribution in [0.4, 0.5) is 0 Å². The smallest absolute Gasteiger partial charge is 0.157 e. The Morgan fingerprint density at radius 2 is 1.69 bits per heavy atom. The lowest BCUT2D eigenvalue weighted by molar-refractivity contribution is 0.506. The van der Waals surface area contributed by atoms with Crippen LogP contribution in [0.1, 0.15) is 53.9 Å². The quantitative estimate of drug-likeness (QED) is 0.693. The van der Waals surface area contributed by atoms with Crippen LogP contribution >= 0.6 is 0 Å². The summed E-state index contributed by atoms with van der Waals surface area (Å²) in [6, 6.07) is 0. The Balaban J connectivity index is 4.62. The Bertz CT molecular complexity index is 238. The first-order valence-corrected chi connectivity index (χ1v) is 6.53.